The summed E-state index contributed by atoms with van der Waals surface area (Å²) in [5.74, 6) is -2.40. The monoisotopic (exact) mass is 638 g/mol. The molecule has 0 unspecified atom stereocenters. The van der Waals surface area contributed by atoms with Crippen molar-refractivity contribution in [2.45, 2.75) is 56.2 Å². The third-order valence-electron chi connectivity index (χ3n) is 8.04. The number of aliphatic carboxylic acids is 1. The third-order valence-corrected chi connectivity index (χ3v) is 10.0. The number of hydrogen-bond acceptors (Lipinski definition) is 10. The second kappa shape index (κ2) is 12.4. The predicted molar refractivity (Wildman–Crippen MR) is 162 cm³/mol. The van der Waals surface area contributed by atoms with Crippen LogP contribution in [0.15, 0.2) is 58.0 Å². The molecule has 2 aromatic heterocycles. The van der Waals surface area contributed by atoms with E-state index in [0.29, 0.717) is 30.7 Å². The number of β-lactam (4-membered cyclic amide) rings is 1. The number of carbonyl (C=O) groups is 4. The molecule has 2 saturated heterocycles. The average molecular weight is 639 g/mol. The summed E-state index contributed by atoms with van der Waals surface area (Å²) in [6, 6.07) is 2.93. The van der Waals surface area contributed by atoms with Gasteiger partial charge >= 0.3 is 5.97 Å². The van der Waals surface area contributed by atoms with Crippen molar-refractivity contribution in [3.05, 3.63) is 64.1 Å². The third kappa shape index (κ3) is 5.93. The number of rotatable bonds is 9. The summed E-state index contributed by atoms with van der Waals surface area (Å²) in [7, 11) is 1.92. The summed E-state index contributed by atoms with van der Waals surface area (Å²) < 4.78 is 1.91. The molecular weight excluding hydrogens is 606 g/mol. The topological polar surface area (TPSA) is 171 Å². The van der Waals surface area contributed by atoms with Crippen LogP contribution in [0.1, 0.15) is 43.4 Å². The highest BCUT2D eigenvalue weighted by Gasteiger charge is 2.54. The van der Waals surface area contributed by atoms with Crippen molar-refractivity contribution in [2.24, 2.45) is 12.2 Å². The van der Waals surface area contributed by atoms with Crippen LogP contribution in [0.3, 0.4) is 0 Å². The van der Waals surface area contributed by atoms with Gasteiger partial charge in [0.2, 0.25) is 5.91 Å². The first-order valence-corrected chi connectivity index (χ1v) is 16.2. The van der Waals surface area contributed by atoms with Gasteiger partial charge in [0.1, 0.15) is 36.0 Å². The van der Waals surface area contributed by atoms with E-state index in [1.165, 1.54) is 16.7 Å². The molecule has 2 atom stereocenters. The van der Waals surface area contributed by atoms with E-state index in [-0.39, 0.29) is 40.0 Å². The minimum absolute atomic E-state index is 0.0926. The standard InChI is InChI=1S/C29H31N7O6S2/c1-34-9-6-16(7-10-34)13-35-11-8-17(25(35)38)12-18-14-43-27-22(26(39)36(27)23(18)28(40)41)32-24(37)21(20-15-44-29(30)31-20)33-42-19-4-2-3-5-19/h6-7,9-10,12,15,19,22,27H,2-5,8,11,13-14H2,1H3,(H3-,30,31,32,37,40,41)/p+1/b17-12?,33-21-/t22-,27-/m1/s1. The molecule has 1 aliphatic carbocycles. The minimum Gasteiger partial charge on any atom is -0.477 e. The number of aromatic nitrogens is 2. The van der Waals surface area contributed by atoms with Gasteiger partial charge in [0.05, 0.1) is 0 Å². The summed E-state index contributed by atoms with van der Waals surface area (Å²) >= 11 is 2.47. The molecule has 4 N–H and O–H groups in total. The number of nitrogen functional groups attached to an aromatic ring is 1. The Morgan fingerprint density at radius 3 is 2.70 bits per heavy atom. The van der Waals surface area contributed by atoms with Crippen LogP contribution >= 0.6 is 23.1 Å². The first-order chi connectivity index (χ1) is 21.2. The number of hydrogen-bond donors (Lipinski definition) is 3. The van der Waals surface area contributed by atoms with E-state index in [1.807, 2.05) is 36.1 Å². The lowest BCUT2D eigenvalue weighted by atomic mass is 10.0. The van der Waals surface area contributed by atoms with Crippen molar-refractivity contribution in [2.75, 3.05) is 18.0 Å². The normalized spacial score (nSPS) is 23.3. The average Bonchev–Trinajstić information content (AvgIpc) is 3.76. The zero-order valence-electron chi connectivity index (χ0n) is 24.0. The fourth-order valence-electron chi connectivity index (χ4n) is 5.71. The van der Waals surface area contributed by atoms with Crippen LogP contribution in [0.25, 0.3) is 0 Å². The number of carboxylic acids is 1. The Hall–Kier alpha value is -4.24. The number of thiazole rings is 1. The molecule has 4 aliphatic rings. The van der Waals surface area contributed by atoms with Crippen molar-refractivity contribution in [3.63, 3.8) is 0 Å². The Kier molecular flexibility index (Phi) is 8.40. The number of oxime groups is 1. The van der Waals surface area contributed by atoms with Gasteiger partial charge in [-0.3, -0.25) is 19.3 Å². The van der Waals surface area contributed by atoms with Crippen LogP contribution in [0.2, 0.25) is 0 Å². The molecule has 15 heteroatoms. The van der Waals surface area contributed by atoms with Crippen LogP contribution in [0.5, 0.6) is 0 Å². The second-order valence-corrected chi connectivity index (χ2v) is 13.1. The predicted octanol–water partition coefficient (Wildman–Crippen LogP) is 1.31. The number of likely N-dealkylation sites (tertiary alicyclic amines) is 1. The number of amides is 3. The number of pyridine rings is 1. The summed E-state index contributed by atoms with van der Waals surface area (Å²) in [6.07, 6.45) is 9.54. The van der Waals surface area contributed by atoms with Crippen molar-refractivity contribution >= 4 is 57.6 Å². The SMILES string of the molecule is C[n+]1ccc(CN2CCC(=CC3=C(C(=O)O)N4C(=O)[C@@H](NC(=O)/C(=N\OC5CCCC5)c5csc(N)n5)[C@H]4SC3)C2=O)cc1. The second-order valence-electron chi connectivity index (χ2n) is 11.1. The van der Waals surface area contributed by atoms with Gasteiger partial charge in [-0.1, -0.05) is 5.16 Å². The van der Waals surface area contributed by atoms with E-state index in [2.05, 4.69) is 15.5 Å². The molecule has 1 saturated carbocycles. The zero-order valence-corrected chi connectivity index (χ0v) is 25.6. The molecule has 230 valence electrons. The largest absolute Gasteiger partial charge is 0.477 e. The molecule has 0 bridgehead atoms. The van der Waals surface area contributed by atoms with Crippen LogP contribution < -0.4 is 15.6 Å². The quantitative estimate of drug-likeness (QED) is 0.120. The van der Waals surface area contributed by atoms with Gasteiger partial charge in [0, 0.05) is 41.9 Å². The number of allylic oxidation sites excluding steroid dienone is 1. The number of carboxylic acid groups (broad SMARTS) is 1. The maximum atomic E-state index is 13.3. The maximum Gasteiger partial charge on any atom is 0.352 e. The lowest BCUT2D eigenvalue weighted by Crippen LogP contribution is -2.71. The van der Waals surface area contributed by atoms with Crippen molar-refractivity contribution in [1.82, 2.24) is 20.1 Å². The Morgan fingerprint density at radius 2 is 2.02 bits per heavy atom. The van der Waals surface area contributed by atoms with Gasteiger partial charge in [-0.05, 0) is 49.3 Å². The van der Waals surface area contributed by atoms with Gasteiger partial charge in [0.25, 0.3) is 11.8 Å². The Labute approximate surface area is 261 Å². The Bertz CT molecular complexity index is 1600. The van der Waals surface area contributed by atoms with Gasteiger partial charge in [-0.25, -0.2) is 14.3 Å². The number of thioether (sulfide) groups is 1. The Morgan fingerprint density at radius 1 is 1.27 bits per heavy atom. The number of carbonyl (C=O) groups excluding carboxylic acids is 3. The molecule has 13 nitrogen and oxygen atoms in total. The molecular formula is C29H32N7O6S2+. The molecule has 0 aromatic carbocycles. The number of nitrogens with two attached hydrogens (primary N) is 1. The number of fused-ring (bicyclic) bond motifs is 1. The van der Waals surface area contributed by atoms with Gasteiger partial charge < -0.3 is 25.9 Å². The summed E-state index contributed by atoms with van der Waals surface area (Å²) in [5, 5.41) is 18.1. The van der Waals surface area contributed by atoms with Gasteiger partial charge in [0.15, 0.2) is 23.2 Å². The van der Waals surface area contributed by atoms with Crippen LogP contribution in [-0.4, -0.2) is 79.1 Å². The molecule has 6 rings (SSSR count). The number of aryl methyl sites for hydroxylation is 1. The molecule has 0 radical (unpaired) electrons. The summed E-state index contributed by atoms with van der Waals surface area (Å²) in [6.45, 7) is 0.974. The van der Waals surface area contributed by atoms with E-state index in [1.54, 1.807) is 16.4 Å². The van der Waals surface area contributed by atoms with Crippen molar-refractivity contribution in [1.29, 1.82) is 0 Å². The van der Waals surface area contributed by atoms with E-state index in [9.17, 15) is 24.3 Å². The number of anilines is 1. The van der Waals surface area contributed by atoms with E-state index < -0.39 is 29.2 Å². The highest BCUT2D eigenvalue weighted by Crippen LogP contribution is 2.41. The molecule has 5 heterocycles. The molecule has 3 aliphatic heterocycles. The molecule has 0 spiro atoms. The Balaban J connectivity index is 1.17. The maximum absolute atomic E-state index is 13.3. The summed E-state index contributed by atoms with van der Waals surface area (Å²) in [5.41, 5.74) is 7.63. The first-order valence-electron chi connectivity index (χ1n) is 14.3. The van der Waals surface area contributed by atoms with E-state index in [0.717, 1.165) is 42.6 Å². The fourth-order valence-corrected chi connectivity index (χ4v) is 7.56. The van der Waals surface area contributed by atoms with Crippen LogP contribution in [0, 0.1) is 0 Å². The highest BCUT2D eigenvalue weighted by molar-refractivity contribution is 8.00. The smallest absolute Gasteiger partial charge is 0.352 e. The van der Waals surface area contributed by atoms with E-state index >= 15 is 0 Å². The molecule has 44 heavy (non-hydrogen) atoms. The molecule has 2 aromatic rings. The number of nitrogens with zero attached hydrogens (tertiary/aromatic N) is 5. The van der Waals surface area contributed by atoms with Crippen molar-refractivity contribution in [3.8, 4) is 0 Å². The van der Waals surface area contributed by atoms with Crippen molar-refractivity contribution < 1.29 is 33.7 Å². The fraction of sp³-hybridized carbons (Fsp3) is 0.414. The van der Waals surface area contributed by atoms with Gasteiger partial charge in [-0.2, -0.15) is 0 Å². The zero-order chi connectivity index (χ0) is 31.0. The van der Waals surface area contributed by atoms with Gasteiger partial charge in [-0.15, -0.1) is 23.1 Å². The minimum atomic E-state index is -1.27. The van der Waals surface area contributed by atoms with Crippen LogP contribution in [0.4, 0.5) is 5.13 Å². The molecule has 3 fully saturated rings. The van der Waals surface area contributed by atoms with Crippen LogP contribution in [-0.2, 0) is 37.6 Å². The lowest BCUT2D eigenvalue weighted by Gasteiger charge is -2.49. The lowest BCUT2D eigenvalue weighted by molar-refractivity contribution is -0.671. The first kappa shape index (κ1) is 29.8. The highest BCUT2D eigenvalue weighted by atomic mass is 32.2. The molecule has 3 amide bonds. The van der Waals surface area contributed by atoms with E-state index in [4.69, 9.17) is 10.6 Å². The summed E-state index contributed by atoms with van der Waals surface area (Å²) in [4.78, 5) is 64.9. The number of nitrogens with one attached hydrogen (secondary N) is 1.